The third kappa shape index (κ3) is 9.50. The van der Waals surface area contributed by atoms with E-state index in [0.29, 0.717) is 45.6 Å². The molecule has 0 saturated carbocycles. The van der Waals surface area contributed by atoms with Gasteiger partial charge in [-0.15, -0.1) is 0 Å². The van der Waals surface area contributed by atoms with Gasteiger partial charge in [-0.1, -0.05) is 36.4 Å². The van der Waals surface area contributed by atoms with Gasteiger partial charge in [0.05, 0.1) is 5.56 Å². The number of hydrogen-bond donors (Lipinski definition) is 4. The van der Waals surface area contributed by atoms with Gasteiger partial charge in [-0.05, 0) is 49.4 Å². The Kier molecular flexibility index (Phi) is 11.0. The van der Waals surface area contributed by atoms with Gasteiger partial charge in [0, 0.05) is 32.0 Å². The summed E-state index contributed by atoms with van der Waals surface area (Å²) in [4.78, 5) is 27.2. The number of amides is 2. The minimum Gasteiger partial charge on any atom is -0.344 e. The van der Waals surface area contributed by atoms with Crippen molar-refractivity contribution in [2.45, 2.75) is 44.3 Å². The molecule has 0 saturated heterocycles. The van der Waals surface area contributed by atoms with Gasteiger partial charge in [0.15, 0.2) is 0 Å². The molecule has 1 atom stereocenters. The Morgan fingerprint density at radius 2 is 1.68 bits per heavy atom. The van der Waals surface area contributed by atoms with Crippen LogP contribution in [0.15, 0.2) is 54.6 Å². The van der Waals surface area contributed by atoms with Crippen molar-refractivity contribution in [3.63, 3.8) is 0 Å². The van der Waals surface area contributed by atoms with Crippen molar-refractivity contribution in [1.82, 2.24) is 10.2 Å². The molecule has 0 spiro atoms. The second-order valence-electron chi connectivity index (χ2n) is 7.93. The first-order valence-corrected chi connectivity index (χ1v) is 11.2. The highest BCUT2D eigenvalue weighted by Crippen LogP contribution is 2.30. The summed E-state index contributed by atoms with van der Waals surface area (Å²) in [5.74, 6) is -0.870. The number of nitrogens with one attached hydrogen (secondary N) is 2. The number of carbonyl (C=O) groups is 2. The average molecular weight is 480 g/mol. The van der Waals surface area contributed by atoms with E-state index in [2.05, 4.69) is 10.6 Å². The Hall–Kier alpha value is -2.95. The largest absolute Gasteiger partial charge is 0.416 e. The third-order valence-electron chi connectivity index (χ3n) is 5.32. The van der Waals surface area contributed by atoms with Crippen LogP contribution >= 0.6 is 0 Å². The van der Waals surface area contributed by atoms with Crippen LogP contribution in [0.3, 0.4) is 0 Å². The molecule has 7 nitrogen and oxygen atoms in total. The smallest absolute Gasteiger partial charge is 0.344 e. The summed E-state index contributed by atoms with van der Waals surface area (Å²) in [5, 5.41) is 5.24. The highest BCUT2D eigenvalue weighted by molar-refractivity contribution is 5.97. The topological polar surface area (TPSA) is 113 Å². The van der Waals surface area contributed by atoms with Crippen molar-refractivity contribution in [1.29, 1.82) is 0 Å². The van der Waals surface area contributed by atoms with Gasteiger partial charge in [0.25, 0.3) is 0 Å². The number of rotatable bonds is 13. The molecule has 0 aliphatic heterocycles. The quantitative estimate of drug-likeness (QED) is 0.261. The van der Waals surface area contributed by atoms with Crippen LogP contribution in [0, 0.1) is 0 Å². The molecule has 34 heavy (non-hydrogen) atoms. The van der Waals surface area contributed by atoms with E-state index in [1.165, 1.54) is 12.1 Å². The van der Waals surface area contributed by atoms with Gasteiger partial charge in [-0.3, -0.25) is 14.5 Å². The van der Waals surface area contributed by atoms with Crippen molar-refractivity contribution in [2.75, 3.05) is 25.2 Å². The Bertz CT molecular complexity index is 905. The Morgan fingerprint density at radius 3 is 2.32 bits per heavy atom. The summed E-state index contributed by atoms with van der Waals surface area (Å²) in [6.07, 6.45) is -2.19. The van der Waals surface area contributed by atoms with Gasteiger partial charge >= 0.3 is 6.18 Å². The number of alkyl halides is 3. The number of nitrogens with two attached hydrogens (primary N) is 2. The molecule has 2 aromatic carbocycles. The van der Waals surface area contributed by atoms with E-state index in [0.717, 1.165) is 17.7 Å². The molecule has 2 amide bonds. The van der Waals surface area contributed by atoms with Crippen LogP contribution in [-0.2, 0) is 22.2 Å². The minimum absolute atomic E-state index is 0.0162. The highest BCUT2D eigenvalue weighted by Gasteiger charge is 2.30. The maximum Gasteiger partial charge on any atom is 0.416 e. The number of halogens is 3. The van der Waals surface area contributed by atoms with E-state index in [-0.39, 0.29) is 18.0 Å². The first-order chi connectivity index (χ1) is 16.2. The third-order valence-corrected chi connectivity index (χ3v) is 5.32. The fourth-order valence-corrected chi connectivity index (χ4v) is 3.37. The fraction of sp³-hybridized carbons (Fsp3) is 0.417. The number of aryl methyl sites for hydroxylation is 1. The van der Waals surface area contributed by atoms with E-state index >= 15 is 0 Å². The first-order valence-electron chi connectivity index (χ1n) is 11.2. The van der Waals surface area contributed by atoms with E-state index in [4.69, 9.17) is 11.5 Å². The van der Waals surface area contributed by atoms with Crippen molar-refractivity contribution >= 4 is 17.5 Å². The van der Waals surface area contributed by atoms with E-state index in [9.17, 15) is 22.8 Å². The summed E-state index contributed by atoms with van der Waals surface area (Å²) in [6.45, 7) is 1.33. The van der Waals surface area contributed by atoms with Crippen LogP contribution in [0.1, 0.15) is 36.8 Å². The summed E-state index contributed by atoms with van der Waals surface area (Å²) in [7, 11) is 0. The molecule has 0 aliphatic carbocycles. The summed E-state index contributed by atoms with van der Waals surface area (Å²) < 4.78 is 39.0. The fourth-order valence-electron chi connectivity index (χ4n) is 3.37. The number of unbranched alkanes of at least 4 members (excludes halogenated alkanes) is 1. The molecule has 0 fully saturated rings. The molecule has 0 aromatic heterocycles. The van der Waals surface area contributed by atoms with Crippen LogP contribution in [-0.4, -0.2) is 42.6 Å². The lowest BCUT2D eigenvalue weighted by Crippen LogP contribution is -2.44. The Balaban J connectivity index is 2.00. The van der Waals surface area contributed by atoms with Crippen LogP contribution in [0.4, 0.5) is 18.9 Å². The van der Waals surface area contributed by atoms with Crippen LogP contribution in [0.25, 0.3) is 0 Å². The molecule has 0 aliphatic rings. The van der Waals surface area contributed by atoms with Crippen molar-refractivity contribution in [2.24, 2.45) is 11.5 Å². The van der Waals surface area contributed by atoms with Gasteiger partial charge in [-0.25, -0.2) is 0 Å². The molecule has 186 valence electrons. The molecular weight excluding hydrogens is 447 g/mol. The van der Waals surface area contributed by atoms with Crippen molar-refractivity contribution < 1.29 is 22.8 Å². The monoisotopic (exact) mass is 479 g/mol. The number of nitrogens with zero attached hydrogens (tertiary/aromatic N) is 1. The van der Waals surface area contributed by atoms with Crippen LogP contribution in [0.2, 0.25) is 0 Å². The lowest BCUT2D eigenvalue weighted by atomic mass is 10.0. The molecule has 0 unspecified atom stereocenters. The standard InChI is InChI=1S/C24H32F3N5O2/c25-24(26,27)19-9-6-10-20(15-19)30-23(34)21(13-12-18-7-2-1-3-8-18)31-22(33)11-4-5-14-32(16-28)17-29/h1-3,6-10,15,21H,4-5,11-14,16-17,28-29H2,(H,30,34)(H,31,33)/t21-/m1/s1. The van der Waals surface area contributed by atoms with Gasteiger partial charge in [0.1, 0.15) is 6.04 Å². The van der Waals surface area contributed by atoms with Crippen molar-refractivity contribution in [3.05, 3.63) is 65.7 Å². The maximum atomic E-state index is 13.0. The lowest BCUT2D eigenvalue weighted by Gasteiger charge is -2.20. The average Bonchev–Trinajstić information content (AvgIpc) is 2.82. The summed E-state index contributed by atoms with van der Waals surface area (Å²) >= 11 is 0. The molecule has 2 rings (SSSR count). The maximum absolute atomic E-state index is 13.0. The summed E-state index contributed by atoms with van der Waals surface area (Å²) in [6, 6.07) is 12.9. The predicted molar refractivity (Wildman–Crippen MR) is 125 cm³/mol. The number of hydrogen-bond acceptors (Lipinski definition) is 5. The van der Waals surface area contributed by atoms with E-state index < -0.39 is 23.7 Å². The number of carbonyl (C=O) groups excluding carboxylic acids is 2. The highest BCUT2D eigenvalue weighted by atomic mass is 19.4. The molecule has 0 radical (unpaired) electrons. The van der Waals surface area contributed by atoms with Gasteiger partial charge in [-0.2, -0.15) is 13.2 Å². The SMILES string of the molecule is NCN(CN)CCCCC(=O)N[C@H](CCc1ccccc1)C(=O)Nc1cccc(C(F)(F)F)c1. The van der Waals surface area contributed by atoms with Crippen LogP contribution < -0.4 is 22.1 Å². The lowest BCUT2D eigenvalue weighted by molar-refractivity contribution is -0.137. The normalized spacial score (nSPS) is 12.4. The zero-order chi connectivity index (χ0) is 25.0. The second kappa shape index (κ2) is 13.7. The summed E-state index contributed by atoms with van der Waals surface area (Å²) in [5.41, 5.74) is 11.3. The molecular formula is C24H32F3N5O2. The predicted octanol–water partition coefficient (Wildman–Crippen LogP) is 3.07. The van der Waals surface area contributed by atoms with Gasteiger partial charge < -0.3 is 22.1 Å². The molecule has 6 N–H and O–H groups in total. The second-order valence-corrected chi connectivity index (χ2v) is 7.93. The number of benzene rings is 2. The van der Waals surface area contributed by atoms with Gasteiger partial charge in [0.2, 0.25) is 11.8 Å². The molecule has 0 heterocycles. The Morgan fingerprint density at radius 1 is 0.971 bits per heavy atom. The zero-order valence-corrected chi connectivity index (χ0v) is 19.0. The molecule has 0 bridgehead atoms. The van der Waals surface area contributed by atoms with E-state index in [1.54, 1.807) is 0 Å². The number of anilines is 1. The molecule has 10 heteroatoms. The first kappa shape index (κ1) is 27.3. The van der Waals surface area contributed by atoms with Crippen LogP contribution in [0.5, 0.6) is 0 Å². The van der Waals surface area contributed by atoms with Crippen molar-refractivity contribution in [3.8, 4) is 0 Å². The Labute approximate surface area is 197 Å². The zero-order valence-electron chi connectivity index (χ0n) is 19.0. The van der Waals surface area contributed by atoms with E-state index in [1.807, 2.05) is 35.2 Å². The minimum atomic E-state index is -4.52. The molecule has 2 aromatic rings.